The molecule has 0 heterocycles. The van der Waals surface area contributed by atoms with E-state index in [0.29, 0.717) is 5.75 Å². The van der Waals surface area contributed by atoms with Gasteiger partial charge in [0.1, 0.15) is 17.2 Å². The number of ether oxygens (including phenoxy) is 3. The lowest BCUT2D eigenvalue weighted by atomic mass is 9.97. The van der Waals surface area contributed by atoms with Crippen molar-refractivity contribution in [1.29, 1.82) is 0 Å². The van der Waals surface area contributed by atoms with Crippen molar-refractivity contribution in [1.82, 2.24) is 4.90 Å². The number of likely N-dealkylation sites (N-methyl/N-ethyl adjacent to an activating group) is 1. The van der Waals surface area contributed by atoms with Gasteiger partial charge in [0.15, 0.2) is 6.61 Å². The minimum atomic E-state index is -0.0827. The number of carbonyl (C=O) groups is 1. The zero-order valence-corrected chi connectivity index (χ0v) is 16.0. The molecule has 5 heteroatoms. The molecule has 0 unspecified atom stereocenters. The SMILES string of the molecule is COc1cc(OC)cc(-c2ccc(OCC(=O)N(C)C)c3ccccc23)c1. The first kappa shape index (κ1) is 18.6. The quantitative estimate of drug-likeness (QED) is 0.663. The lowest BCUT2D eigenvalue weighted by Crippen LogP contribution is -2.27. The largest absolute Gasteiger partial charge is 0.497 e. The summed E-state index contributed by atoms with van der Waals surface area (Å²) in [6.45, 7) is 0.00330. The first-order valence-corrected chi connectivity index (χ1v) is 8.61. The zero-order chi connectivity index (χ0) is 19.4. The number of fused-ring (bicyclic) bond motifs is 1. The highest BCUT2D eigenvalue weighted by Gasteiger charge is 2.12. The van der Waals surface area contributed by atoms with Gasteiger partial charge in [0.25, 0.3) is 5.91 Å². The van der Waals surface area contributed by atoms with E-state index >= 15 is 0 Å². The average molecular weight is 365 g/mol. The van der Waals surface area contributed by atoms with Crippen LogP contribution in [0.25, 0.3) is 21.9 Å². The van der Waals surface area contributed by atoms with Gasteiger partial charge in [-0.25, -0.2) is 0 Å². The lowest BCUT2D eigenvalue weighted by Gasteiger charge is -2.15. The normalized spacial score (nSPS) is 10.5. The maximum absolute atomic E-state index is 11.9. The number of rotatable bonds is 6. The molecule has 0 saturated carbocycles. The Morgan fingerprint density at radius 1 is 0.889 bits per heavy atom. The van der Waals surface area contributed by atoms with Crippen LogP contribution in [0.5, 0.6) is 17.2 Å². The van der Waals surface area contributed by atoms with Gasteiger partial charge < -0.3 is 19.1 Å². The van der Waals surface area contributed by atoms with Crippen LogP contribution >= 0.6 is 0 Å². The van der Waals surface area contributed by atoms with Crippen LogP contribution in [0.2, 0.25) is 0 Å². The number of methoxy groups -OCH3 is 2. The molecule has 0 aromatic heterocycles. The summed E-state index contributed by atoms with van der Waals surface area (Å²) in [5.74, 6) is 2.05. The van der Waals surface area contributed by atoms with Crippen LogP contribution in [0, 0.1) is 0 Å². The van der Waals surface area contributed by atoms with Crippen LogP contribution in [0.1, 0.15) is 0 Å². The molecule has 0 bridgehead atoms. The molecule has 5 nitrogen and oxygen atoms in total. The van der Waals surface area contributed by atoms with E-state index in [1.807, 2.05) is 54.6 Å². The van der Waals surface area contributed by atoms with Gasteiger partial charge in [-0.15, -0.1) is 0 Å². The van der Waals surface area contributed by atoms with Crippen molar-refractivity contribution in [3.05, 3.63) is 54.6 Å². The fourth-order valence-corrected chi connectivity index (χ4v) is 2.88. The number of carbonyl (C=O) groups excluding carboxylic acids is 1. The molecule has 0 atom stereocenters. The van der Waals surface area contributed by atoms with Crippen molar-refractivity contribution < 1.29 is 19.0 Å². The van der Waals surface area contributed by atoms with Crippen molar-refractivity contribution in [2.45, 2.75) is 0 Å². The third-order valence-electron chi connectivity index (χ3n) is 4.40. The highest BCUT2D eigenvalue weighted by Crippen LogP contribution is 2.37. The average Bonchev–Trinajstić information content (AvgIpc) is 2.71. The van der Waals surface area contributed by atoms with E-state index in [9.17, 15) is 4.79 Å². The second-order valence-corrected chi connectivity index (χ2v) is 6.34. The summed E-state index contributed by atoms with van der Waals surface area (Å²) in [6, 6.07) is 17.6. The first-order valence-electron chi connectivity index (χ1n) is 8.61. The van der Waals surface area contributed by atoms with Crippen LogP contribution in [0.15, 0.2) is 54.6 Å². The molecule has 0 saturated heterocycles. The molecular formula is C22H23NO4. The number of amides is 1. The van der Waals surface area contributed by atoms with Gasteiger partial charge >= 0.3 is 0 Å². The number of nitrogens with zero attached hydrogens (tertiary/aromatic N) is 1. The smallest absolute Gasteiger partial charge is 0.259 e. The zero-order valence-electron chi connectivity index (χ0n) is 16.0. The van der Waals surface area contributed by atoms with Gasteiger partial charge in [0, 0.05) is 25.5 Å². The molecule has 3 aromatic rings. The third-order valence-corrected chi connectivity index (χ3v) is 4.40. The van der Waals surface area contributed by atoms with Crippen LogP contribution < -0.4 is 14.2 Å². The Morgan fingerprint density at radius 2 is 1.52 bits per heavy atom. The van der Waals surface area contributed by atoms with E-state index in [0.717, 1.165) is 33.4 Å². The van der Waals surface area contributed by atoms with Crippen LogP contribution in [-0.2, 0) is 4.79 Å². The lowest BCUT2D eigenvalue weighted by molar-refractivity contribution is -0.130. The summed E-state index contributed by atoms with van der Waals surface area (Å²) >= 11 is 0. The van der Waals surface area contributed by atoms with E-state index in [2.05, 4.69) is 0 Å². The topological polar surface area (TPSA) is 48.0 Å². The monoisotopic (exact) mass is 365 g/mol. The van der Waals surface area contributed by atoms with Crippen molar-refractivity contribution in [2.75, 3.05) is 34.9 Å². The van der Waals surface area contributed by atoms with Gasteiger partial charge in [0.05, 0.1) is 14.2 Å². The van der Waals surface area contributed by atoms with Gasteiger partial charge in [0.2, 0.25) is 0 Å². The molecule has 27 heavy (non-hydrogen) atoms. The first-order chi connectivity index (χ1) is 13.0. The Hall–Kier alpha value is -3.21. The van der Waals surface area contributed by atoms with Crippen molar-refractivity contribution >= 4 is 16.7 Å². The molecule has 3 aromatic carbocycles. The Labute approximate surface area is 159 Å². The Bertz CT molecular complexity index is 943. The maximum atomic E-state index is 11.9. The van der Waals surface area contributed by atoms with E-state index in [4.69, 9.17) is 14.2 Å². The summed E-state index contributed by atoms with van der Waals surface area (Å²) in [5, 5.41) is 1.98. The summed E-state index contributed by atoms with van der Waals surface area (Å²) in [7, 11) is 6.69. The van der Waals surface area contributed by atoms with E-state index < -0.39 is 0 Å². The predicted molar refractivity (Wildman–Crippen MR) is 107 cm³/mol. The molecule has 0 aliphatic heterocycles. The molecular weight excluding hydrogens is 342 g/mol. The molecule has 0 aliphatic rings. The molecule has 0 N–H and O–H groups in total. The minimum absolute atomic E-state index is 0.00330. The van der Waals surface area contributed by atoms with Crippen LogP contribution in [0.4, 0.5) is 0 Å². The molecule has 0 spiro atoms. The fourth-order valence-electron chi connectivity index (χ4n) is 2.88. The number of benzene rings is 3. The summed E-state index contributed by atoms with van der Waals surface area (Å²) in [4.78, 5) is 13.4. The second-order valence-electron chi connectivity index (χ2n) is 6.34. The molecule has 0 radical (unpaired) electrons. The molecule has 140 valence electrons. The number of hydrogen-bond acceptors (Lipinski definition) is 4. The van der Waals surface area contributed by atoms with E-state index in [-0.39, 0.29) is 12.5 Å². The Balaban J connectivity index is 2.06. The van der Waals surface area contributed by atoms with Gasteiger partial charge in [-0.2, -0.15) is 0 Å². The second kappa shape index (κ2) is 7.99. The van der Waals surface area contributed by atoms with Crippen molar-refractivity contribution in [2.24, 2.45) is 0 Å². The summed E-state index contributed by atoms with van der Waals surface area (Å²) < 4.78 is 16.6. The highest BCUT2D eigenvalue weighted by atomic mass is 16.5. The predicted octanol–water partition coefficient (Wildman–Crippen LogP) is 3.99. The molecule has 3 rings (SSSR count). The van der Waals surface area contributed by atoms with Crippen LogP contribution in [0.3, 0.4) is 0 Å². The van der Waals surface area contributed by atoms with Crippen molar-refractivity contribution in [3.63, 3.8) is 0 Å². The molecule has 1 amide bonds. The van der Waals surface area contributed by atoms with Gasteiger partial charge in [-0.05, 0) is 34.7 Å². The van der Waals surface area contributed by atoms with Crippen LogP contribution in [-0.4, -0.2) is 45.7 Å². The van der Waals surface area contributed by atoms with Crippen molar-refractivity contribution in [3.8, 4) is 28.4 Å². The number of hydrogen-bond donors (Lipinski definition) is 0. The standard InChI is InChI=1S/C22H23NO4/c1-23(2)22(24)14-27-21-10-9-18(19-7-5-6-8-20(19)21)15-11-16(25-3)13-17(12-15)26-4/h5-13H,14H2,1-4H3. The summed E-state index contributed by atoms with van der Waals surface area (Å²) in [5.41, 5.74) is 2.02. The minimum Gasteiger partial charge on any atom is -0.497 e. The highest BCUT2D eigenvalue weighted by molar-refractivity contribution is 6.00. The Kier molecular flexibility index (Phi) is 5.50. The third kappa shape index (κ3) is 3.97. The molecule has 0 fully saturated rings. The van der Waals surface area contributed by atoms with Gasteiger partial charge in [-0.1, -0.05) is 30.3 Å². The van der Waals surface area contributed by atoms with E-state index in [1.54, 1.807) is 28.3 Å². The molecule has 0 aliphatic carbocycles. The summed E-state index contributed by atoms with van der Waals surface area (Å²) in [6.07, 6.45) is 0. The van der Waals surface area contributed by atoms with E-state index in [1.165, 1.54) is 4.90 Å². The maximum Gasteiger partial charge on any atom is 0.259 e. The Morgan fingerprint density at radius 3 is 2.11 bits per heavy atom. The fraction of sp³-hybridized carbons (Fsp3) is 0.227. The van der Waals surface area contributed by atoms with Gasteiger partial charge in [-0.3, -0.25) is 4.79 Å².